The maximum absolute atomic E-state index is 11.1. The minimum Gasteiger partial charge on any atom is -0.354 e. The summed E-state index contributed by atoms with van der Waals surface area (Å²) in [5.41, 5.74) is 5.56. The van der Waals surface area contributed by atoms with Gasteiger partial charge in [0.15, 0.2) is 0 Å². The largest absolute Gasteiger partial charge is 0.354 e. The minimum absolute atomic E-state index is 0.00470. The second-order valence-corrected chi connectivity index (χ2v) is 4.18. The van der Waals surface area contributed by atoms with Gasteiger partial charge >= 0.3 is 0 Å². The highest BCUT2D eigenvalue weighted by atomic mass is 32.2. The molecule has 3 N–H and O–H groups in total. The van der Waals surface area contributed by atoms with Gasteiger partial charge in [-0.2, -0.15) is 17.0 Å². The van der Waals surface area contributed by atoms with E-state index in [1.807, 2.05) is 13.0 Å². The van der Waals surface area contributed by atoms with Crippen molar-refractivity contribution in [2.24, 2.45) is 5.73 Å². The molecule has 0 aliphatic rings. The van der Waals surface area contributed by atoms with E-state index in [9.17, 15) is 4.79 Å². The van der Waals surface area contributed by atoms with Crippen LogP contribution in [0.4, 0.5) is 0 Å². The second-order valence-electron chi connectivity index (χ2n) is 3.08. The van der Waals surface area contributed by atoms with E-state index in [1.165, 1.54) is 0 Å². The highest BCUT2D eigenvalue weighted by molar-refractivity contribution is 7.99. The predicted molar refractivity (Wildman–Crippen MR) is 58.8 cm³/mol. The van der Waals surface area contributed by atoms with Gasteiger partial charge in [-0.3, -0.25) is 4.79 Å². The Kier molecular flexibility index (Phi) is 8.39. The Morgan fingerprint density at radius 2 is 2.43 bits per heavy atom. The lowest BCUT2D eigenvalue weighted by Gasteiger charge is -2.04. The molecule has 1 atom stereocenters. The molecular formula is C9H17N3OS. The van der Waals surface area contributed by atoms with Crippen LogP contribution >= 0.6 is 11.8 Å². The number of hydrogen-bond donors (Lipinski definition) is 2. The fourth-order valence-electron chi connectivity index (χ4n) is 0.743. The number of carbonyl (C=O) groups is 1. The molecule has 0 rings (SSSR count). The maximum Gasteiger partial charge on any atom is 0.230 e. The number of nitrogens with two attached hydrogens (primary N) is 1. The van der Waals surface area contributed by atoms with Crippen LogP contribution < -0.4 is 11.1 Å². The fourth-order valence-corrected chi connectivity index (χ4v) is 1.71. The molecule has 0 fully saturated rings. The van der Waals surface area contributed by atoms with Crippen LogP contribution in [-0.4, -0.2) is 30.0 Å². The molecule has 5 heteroatoms. The molecule has 4 nitrogen and oxygen atoms in total. The van der Waals surface area contributed by atoms with E-state index in [-0.39, 0.29) is 11.9 Å². The van der Waals surface area contributed by atoms with E-state index in [0.717, 1.165) is 12.2 Å². The van der Waals surface area contributed by atoms with Crippen molar-refractivity contribution in [2.75, 3.05) is 18.1 Å². The molecule has 0 saturated heterocycles. The summed E-state index contributed by atoms with van der Waals surface area (Å²) in [7, 11) is 0. The Labute approximate surface area is 89.2 Å². The van der Waals surface area contributed by atoms with Crippen LogP contribution in [0.15, 0.2) is 0 Å². The average Bonchev–Trinajstić information content (AvgIpc) is 2.13. The van der Waals surface area contributed by atoms with Gasteiger partial charge in [-0.15, -0.1) is 0 Å². The molecule has 0 saturated carbocycles. The molecule has 14 heavy (non-hydrogen) atoms. The summed E-state index contributed by atoms with van der Waals surface area (Å²) in [5.74, 6) is 1.36. The van der Waals surface area contributed by atoms with Crippen LogP contribution in [0, 0.1) is 11.3 Å². The standard InChI is InChI=1S/C9H17N3OS/c1-8(11)3-6-14-7-9(13)12-5-2-4-10/h8H,2-3,5-7,11H2,1H3,(H,12,13). The van der Waals surface area contributed by atoms with Crippen molar-refractivity contribution in [2.45, 2.75) is 25.8 Å². The Balaban J connectivity index is 3.23. The first kappa shape index (κ1) is 13.3. The third kappa shape index (κ3) is 9.36. The van der Waals surface area contributed by atoms with Gasteiger partial charge in [0.2, 0.25) is 5.91 Å². The molecule has 0 bridgehead atoms. The van der Waals surface area contributed by atoms with Crippen LogP contribution in [0.3, 0.4) is 0 Å². The first-order valence-electron chi connectivity index (χ1n) is 4.63. The van der Waals surface area contributed by atoms with E-state index in [2.05, 4.69) is 5.32 Å². The number of nitrogens with zero attached hydrogens (tertiary/aromatic N) is 1. The fraction of sp³-hybridized carbons (Fsp3) is 0.778. The molecular weight excluding hydrogens is 198 g/mol. The first-order valence-corrected chi connectivity index (χ1v) is 5.79. The van der Waals surface area contributed by atoms with Gasteiger partial charge in [0.1, 0.15) is 0 Å². The highest BCUT2D eigenvalue weighted by Gasteiger charge is 2.00. The SMILES string of the molecule is CC(N)CCSCC(=O)NCCC#N. The van der Waals surface area contributed by atoms with Gasteiger partial charge in [-0.25, -0.2) is 0 Å². The van der Waals surface area contributed by atoms with E-state index >= 15 is 0 Å². The zero-order valence-electron chi connectivity index (χ0n) is 8.45. The summed E-state index contributed by atoms with van der Waals surface area (Å²) in [6, 6.07) is 2.17. The van der Waals surface area contributed by atoms with Crippen molar-refractivity contribution in [3.05, 3.63) is 0 Å². The van der Waals surface area contributed by atoms with E-state index in [0.29, 0.717) is 18.7 Å². The quantitative estimate of drug-likeness (QED) is 0.606. The molecule has 0 radical (unpaired) electrons. The Morgan fingerprint density at radius 3 is 3.00 bits per heavy atom. The number of nitriles is 1. The van der Waals surface area contributed by atoms with Gasteiger partial charge in [-0.05, 0) is 19.1 Å². The van der Waals surface area contributed by atoms with E-state index < -0.39 is 0 Å². The topological polar surface area (TPSA) is 78.9 Å². The lowest BCUT2D eigenvalue weighted by Crippen LogP contribution is -2.26. The number of thioether (sulfide) groups is 1. The van der Waals surface area contributed by atoms with E-state index in [1.54, 1.807) is 11.8 Å². The average molecular weight is 215 g/mol. The van der Waals surface area contributed by atoms with Gasteiger partial charge < -0.3 is 11.1 Å². The summed E-state index contributed by atoms with van der Waals surface area (Å²) >= 11 is 1.57. The molecule has 0 aromatic heterocycles. The van der Waals surface area contributed by atoms with Gasteiger partial charge in [0.25, 0.3) is 0 Å². The molecule has 1 unspecified atom stereocenters. The van der Waals surface area contributed by atoms with Crippen molar-refractivity contribution < 1.29 is 4.79 Å². The van der Waals surface area contributed by atoms with Gasteiger partial charge in [0.05, 0.1) is 18.2 Å². The summed E-state index contributed by atoms with van der Waals surface area (Å²) in [6.07, 6.45) is 1.30. The van der Waals surface area contributed by atoms with Crippen molar-refractivity contribution in [1.29, 1.82) is 5.26 Å². The molecule has 0 heterocycles. The van der Waals surface area contributed by atoms with Gasteiger partial charge in [-0.1, -0.05) is 0 Å². The molecule has 0 spiro atoms. The highest BCUT2D eigenvalue weighted by Crippen LogP contribution is 2.03. The van der Waals surface area contributed by atoms with Crippen molar-refractivity contribution in [3.8, 4) is 6.07 Å². The van der Waals surface area contributed by atoms with Crippen molar-refractivity contribution in [3.63, 3.8) is 0 Å². The second kappa shape index (κ2) is 8.85. The monoisotopic (exact) mass is 215 g/mol. The molecule has 0 aromatic carbocycles. The lowest BCUT2D eigenvalue weighted by molar-refractivity contribution is -0.118. The van der Waals surface area contributed by atoms with E-state index in [4.69, 9.17) is 11.0 Å². The minimum atomic E-state index is -0.00470. The zero-order valence-corrected chi connectivity index (χ0v) is 9.27. The maximum atomic E-state index is 11.1. The molecule has 0 aromatic rings. The number of carbonyl (C=O) groups excluding carboxylic acids is 1. The molecule has 0 aliphatic carbocycles. The molecule has 1 amide bonds. The van der Waals surface area contributed by atoms with Crippen LogP contribution in [0.5, 0.6) is 0 Å². The van der Waals surface area contributed by atoms with Crippen LogP contribution in [0.2, 0.25) is 0 Å². The van der Waals surface area contributed by atoms with Crippen LogP contribution in [-0.2, 0) is 4.79 Å². The molecule has 0 aliphatic heterocycles. The summed E-state index contributed by atoms with van der Waals surface area (Å²) in [6.45, 7) is 2.40. The Hall–Kier alpha value is -0.730. The smallest absolute Gasteiger partial charge is 0.230 e. The third-order valence-electron chi connectivity index (χ3n) is 1.51. The number of nitrogens with one attached hydrogen (secondary N) is 1. The van der Waals surface area contributed by atoms with Crippen molar-refractivity contribution >= 4 is 17.7 Å². The summed E-state index contributed by atoms with van der Waals surface area (Å²) < 4.78 is 0. The van der Waals surface area contributed by atoms with Crippen LogP contribution in [0.1, 0.15) is 19.8 Å². The number of hydrogen-bond acceptors (Lipinski definition) is 4. The van der Waals surface area contributed by atoms with Gasteiger partial charge in [0, 0.05) is 12.6 Å². The Bertz CT molecular complexity index is 201. The molecule has 80 valence electrons. The number of amides is 1. The summed E-state index contributed by atoms with van der Waals surface area (Å²) in [4.78, 5) is 11.1. The van der Waals surface area contributed by atoms with Crippen LogP contribution in [0.25, 0.3) is 0 Å². The van der Waals surface area contributed by atoms with Crippen molar-refractivity contribution in [1.82, 2.24) is 5.32 Å². The zero-order chi connectivity index (χ0) is 10.8. The normalized spacial score (nSPS) is 11.8. The number of rotatable bonds is 7. The summed E-state index contributed by atoms with van der Waals surface area (Å²) in [5, 5.41) is 10.9. The Morgan fingerprint density at radius 1 is 1.71 bits per heavy atom. The first-order chi connectivity index (χ1) is 6.66. The third-order valence-corrected chi connectivity index (χ3v) is 2.50. The predicted octanol–water partition coefficient (Wildman–Crippen LogP) is 0.487. The lowest BCUT2D eigenvalue weighted by atomic mass is 10.3.